The van der Waals surface area contributed by atoms with Crippen molar-refractivity contribution < 1.29 is 23.1 Å². The minimum atomic E-state index is -4.67. The van der Waals surface area contributed by atoms with Crippen molar-refractivity contribution in [2.45, 2.75) is 6.18 Å². The quantitative estimate of drug-likeness (QED) is 0.562. The standard InChI is InChI=1S/C8H4F3NO2/c9-8(10,11)6-3-5(12-4-13)1-2-7(6)14/h1-3,14H. The van der Waals surface area contributed by atoms with E-state index in [-0.39, 0.29) is 5.69 Å². The summed E-state index contributed by atoms with van der Waals surface area (Å²) in [6, 6.07) is 2.47. The number of hydrogen-bond donors (Lipinski definition) is 1. The third-order valence-electron chi connectivity index (χ3n) is 1.46. The molecule has 0 fully saturated rings. The summed E-state index contributed by atoms with van der Waals surface area (Å²) >= 11 is 0. The lowest BCUT2D eigenvalue weighted by atomic mass is 10.2. The highest BCUT2D eigenvalue weighted by atomic mass is 19.4. The van der Waals surface area contributed by atoms with E-state index in [4.69, 9.17) is 5.11 Å². The molecular formula is C8H4F3NO2. The number of isocyanates is 1. The smallest absolute Gasteiger partial charge is 0.420 e. The molecule has 0 aliphatic carbocycles. The minimum Gasteiger partial charge on any atom is -0.507 e. The summed E-state index contributed by atoms with van der Waals surface area (Å²) in [5.74, 6) is -0.901. The molecule has 0 saturated carbocycles. The fourth-order valence-electron chi connectivity index (χ4n) is 0.873. The van der Waals surface area contributed by atoms with Crippen LogP contribution in [0.1, 0.15) is 5.56 Å². The molecule has 1 aromatic carbocycles. The largest absolute Gasteiger partial charge is 0.507 e. The fourth-order valence-corrected chi connectivity index (χ4v) is 0.873. The summed E-state index contributed by atoms with van der Waals surface area (Å²) < 4.78 is 36.5. The van der Waals surface area contributed by atoms with E-state index in [0.717, 1.165) is 18.2 Å². The molecular weight excluding hydrogens is 199 g/mol. The van der Waals surface area contributed by atoms with Crippen molar-refractivity contribution in [3.05, 3.63) is 23.8 Å². The number of benzene rings is 1. The molecule has 0 heterocycles. The number of rotatable bonds is 1. The van der Waals surface area contributed by atoms with E-state index in [0.29, 0.717) is 6.07 Å². The van der Waals surface area contributed by atoms with Gasteiger partial charge in [0.2, 0.25) is 6.08 Å². The fraction of sp³-hybridized carbons (Fsp3) is 0.125. The molecule has 0 bridgehead atoms. The van der Waals surface area contributed by atoms with Gasteiger partial charge in [0.1, 0.15) is 5.75 Å². The van der Waals surface area contributed by atoms with Crippen LogP contribution < -0.4 is 0 Å². The monoisotopic (exact) mass is 203 g/mol. The molecule has 3 nitrogen and oxygen atoms in total. The Bertz CT molecular complexity index is 394. The van der Waals surface area contributed by atoms with E-state index in [1.807, 2.05) is 0 Å². The maximum absolute atomic E-state index is 12.2. The van der Waals surface area contributed by atoms with Gasteiger partial charge >= 0.3 is 6.18 Å². The maximum atomic E-state index is 12.2. The average Bonchev–Trinajstić information content (AvgIpc) is 2.07. The highest BCUT2D eigenvalue weighted by Gasteiger charge is 2.34. The average molecular weight is 203 g/mol. The summed E-state index contributed by atoms with van der Waals surface area (Å²) in [7, 11) is 0. The molecule has 1 rings (SSSR count). The van der Waals surface area contributed by atoms with Crippen LogP contribution in [0.3, 0.4) is 0 Å². The van der Waals surface area contributed by atoms with E-state index >= 15 is 0 Å². The van der Waals surface area contributed by atoms with Gasteiger partial charge in [-0.15, -0.1) is 0 Å². The number of nitrogens with zero attached hydrogens (tertiary/aromatic N) is 1. The van der Waals surface area contributed by atoms with Crippen molar-refractivity contribution >= 4 is 11.8 Å². The van der Waals surface area contributed by atoms with Crippen LogP contribution in [0.4, 0.5) is 18.9 Å². The SMILES string of the molecule is O=C=Nc1ccc(O)c(C(F)(F)F)c1. The Kier molecular flexibility index (Phi) is 2.58. The second-order valence-electron chi connectivity index (χ2n) is 2.40. The summed E-state index contributed by atoms with van der Waals surface area (Å²) in [6.07, 6.45) is -3.56. The third-order valence-corrected chi connectivity index (χ3v) is 1.46. The van der Waals surface area contributed by atoms with Crippen molar-refractivity contribution in [2.75, 3.05) is 0 Å². The molecule has 0 saturated heterocycles. The lowest BCUT2D eigenvalue weighted by molar-refractivity contribution is -0.138. The number of aliphatic imine (C=N–C) groups is 1. The molecule has 6 heteroatoms. The molecule has 1 N–H and O–H groups in total. The Morgan fingerprint density at radius 1 is 1.36 bits per heavy atom. The Morgan fingerprint density at radius 2 is 2.00 bits per heavy atom. The van der Waals surface area contributed by atoms with Gasteiger partial charge in [-0.2, -0.15) is 18.2 Å². The normalized spacial score (nSPS) is 10.8. The van der Waals surface area contributed by atoms with Gasteiger partial charge in [0.05, 0.1) is 11.3 Å². The van der Waals surface area contributed by atoms with E-state index in [1.54, 1.807) is 0 Å². The predicted molar refractivity (Wildman–Crippen MR) is 40.9 cm³/mol. The molecule has 0 amide bonds. The third kappa shape index (κ3) is 2.11. The number of carbonyl (C=O) groups excluding carboxylic acids is 1. The van der Waals surface area contributed by atoms with Crippen LogP contribution in [0.5, 0.6) is 5.75 Å². The van der Waals surface area contributed by atoms with Crippen molar-refractivity contribution in [1.82, 2.24) is 0 Å². The second-order valence-corrected chi connectivity index (χ2v) is 2.40. The first-order valence-corrected chi connectivity index (χ1v) is 3.43. The van der Waals surface area contributed by atoms with Crippen LogP contribution in [0.15, 0.2) is 23.2 Å². The van der Waals surface area contributed by atoms with Crippen LogP contribution in [0.2, 0.25) is 0 Å². The highest BCUT2D eigenvalue weighted by Crippen LogP contribution is 2.37. The van der Waals surface area contributed by atoms with Gasteiger partial charge in [-0.1, -0.05) is 0 Å². The Hall–Kier alpha value is -1.81. The van der Waals surface area contributed by atoms with Gasteiger partial charge in [0.25, 0.3) is 0 Å². The molecule has 74 valence electrons. The van der Waals surface area contributed by atoms with Crippen molar-refractivity contribution in [3.63, 3.8) is 0 Å². The first kappa shape index (κ1) is 10.3. The van der Waals surface area contributed by atoms with Crippen LogP contribution in [-0.2, 0) is 11.0 Å². The summed E-state index contributed by atoms with van der Waals surface area (Å²) in [4.78, 5) is 12.8. The molecule has 0 unspecified atom stereocenters. The molecule has 0 aromatic heterocycles. The Labute approximate surface area is 76.5 Å². The minimum absolute atomic E-state index is 0.204. The topological polar surface area (TPSA) is 49.7 Å². The zero-order valence-corrected chi connectivity index (χ0v) is 6.67. The summed E-state index contributed by atoms with van der Waals surface area (Å²) in [5.41, 5.74) is -1.43. The number of hydrogen-bond acceptors (Lipinski definition) is 3. The van der Waals surface area contributed by atoms with E-state index < -0.39 is 17.5 Å². The van der Waals surface area contributed by atoms with Crippen LogP contribution in [-0.4, -0.2) is 11.2 Å². The Balaban J connectivity index is 3.28. The van der Waals surface area contributed by atoms with Crippen LogP contribution in [0.25, 0.3) is 0 Å². The van der Waals surface area contributed by atoms with Crippen LogP contribution >= 0.6 is 0 Å². The van der Waals surface area contributed by atoms with Gasteiger partial charge in [-0.05, 0) is 18.2 Å². The van der Waals surface area contributed by atoms with Crippen molar-refractivity contribution in [3.8, 4) is 5.75 Å². The van der Waals surface area contributed by atoms with Gasteiger partial charge in [-0.25, -0.2) is 4.79 Å². The first-order chi connectivity index (χ1) is 6.45. The number of phenols is 1. The van der Waals surface area contributed by atoms with Crippen molar-refractivity contribution in [1.29, 1.82) is 0 Å². The van der Waals surface area contributed by atoms with Crippen molar-refractivity contribution in [2.24, 2.45) is 4.99 Å². The molecule has 0 atom stereocenters. The number of aromatic hydroxyl groups is 1. The van der Waals surface area contributed by atoms with E-state index in [1.165, 1.54) is 0 Å². The summed E-state index contributed by atoms with van der Waals surface area (Å²) in [6.45, 7) is 0. The van der Waals surface area contributed by atoms with E-state index in [2.05, 4.69) is 4.99 Å². The van der Waals surface area contributed by atoms with Gasteiger partial charge in [0, 0.05) is 0 Å². The summed E-state index contributed by atoms with van der Waals surface area (Å²) in [5, 5.41) is 8.88. The molecule has 1 aromatic rings. The number of alkyl halides is 3. The molecule has 0 aliphatic heterocycles. The first-order valence-electron chi connectivity index (χ1n) is 3.43. The number of phenolic OH excluding ortho intramolecular Hbond substituents is 1. The van der Waals surface area contributed by atoms with Gasteiger partial charge in [-0.3, -0.25) is 0 Å². The lowest BCUT2D eigenvalue weighted by Gasteiger charge is -2.08. The highest BCUT2D eigenvalue weighted by molar-refractivity contribution is 5.53. The van der Waals surface area contributed by atoms with E-state index in [9.17, 15) is 18.0 Å². The maximum Gasteiger partial charge on any atom is 0.420 e. The number of halogens is 3. The zero-order chi connectivity index (χ0) is 10.8. The van der Waals surface area contributed by atoms with Gasteiger partial charge in [0.15, 0.2) is 0 Å². The van der Waals surface area contributed by atoms with Crippen LogP contribution in [0, 0.1) is 0 Å². The lowest BCUT2D eigenvalue weighted by Crippen LogP contribution is -2.04. The second kappa shape index (κ2) is 3.51. The molecule has 14 heavy (non-hydrogen) atoms. The van der Waals surface area contributed by atoms with Gasteiger partial charge < -0.3 is 5.11 Å². The Morgan fingerprint density at radius 3 is 2.50 bits per heavy atom. The predicted octanol–water partition coefficient (Wildman–Crippen LogP) is 2.38. The molecule has 0 spiro atoms. The molecule has 0 radical (unpaired) electrons. The zero-order valence-electron chi connectivity index (χ0n) is 6.67. The molecule has 0 aliphatic rings.